The van der Waals surface area contributed by atoms with E-state index in [1.165, 1.54) is 37.9 Å². The van der Waals surface area contributed by atoms with Crippen molar-refractivity contribution < 1.29 is 0 Å². The third-order valence-electron chi connectivity index (χ3n) is 5.31. The van der Waals surface area contributed by atoms with Gasteiger partial charge in [0.2, 0.25) is 0 Å². The van der Waals surface area contributed by atoms with Crippen LogP contribution in [-0.2, 0) is 18.4 Å². The van der Waals surface area contributed by atoms with Crippen LogP contribution in [0.2, 0.25) is 0 Å². The van der Waals surface area contributed by atoms with E-state index in [1.807, 2.05) is 0 Å². The van der Waals surface area contributed by atoms with E-state index in [0.717, 1.165) is 6.54 Å². The molecule has 0 saturated carbocycles. The Hall–Kier alpha value is -0.860. The molecule has 2 aliphatic heterocycles. The van der Waals surface area contributed by atoms with Gasteiger partial charge in [-0.05, 0) is 67.6 Å². The maximum atomic E-state index is 2.55. The van der Waals surface area contributed by atoms with E-state index in [9.17, 15) is 0 Å². The van der Waals surface area contributed by atoms with E-state index in [-0.39, 0.29) is 5.41 Å². The number of fused-ring (bicyclic) bond motifs is 1. The fourth-order valence-corrected chi connectivity index (χ4v) is 3.87. The van der Waals surface area contributed by atoms with Crippen LogP contribution in [0.5, 0.6) is 0 Å². The lowest BCUT2D eigenvalue weighted by Gasteiger charge is -2.33. The van der Waals surface area contributed by atoms with Crippen LogP contribution < -0.4 is 0 Å². The van der Waals surface area contributed by atoms with Gasteiger partial charge in [0.25, 0.3) is 0 Å². The van der Waals surface area contributed by atoms with Gasteiger partial charge in [-0.2, -0.15) is 0 Å². The smallest absolute Gasteiger partial charge is 0.0348 e. The first kappa shape index (κ1) is 15.1. The summed E-state index contributed by atoms with van der Waals surface area (Å²) in [4.78, 5) is 5.02. The predicted octanol–water partition coefficient (Wildman–Crippen LogP) is 3.74. The van der Waals surface area contributed by atoms with Gasteiger partial charge in [0.05, 0.1) is 0 Å². The molecule has 1 saturated heterocycles. The number of hydrogen-bond acceptors (Lipinski definition) is 2. The fraction of sp³-hybridized carbons (Fsp3) is 0.684. The van der Waals surface area contributed by atoms with Crippen molar-refractivity contribution in [3.05, 3.63) is 34.4 Å². The molecule has 1 aromatic rings. The Balaban J connectivity index is 2.11. The third kappa shape index (κ3) is 2.89. The maximum Gasteiger partial charge on any atom is 0.0348 e. The first-order valence-corrected chi connectivity index (χ1v) is 8.41. The van der Waals surface area contributed by atoms with E-state index in [0.29, 0.717) is 6.04 Å². The largest absolute Gasteiger partial charge is 0.302 e. The van der Waals surface area contributed by atoms with Crippen molar-refractivity contribution in [3.8, 4) is 0 Å². The van der Waals surface area contributed by atoms with Crippen LogP contribution in [0.15, 0.2) is 12.1 Å². The van der Waals surface area contributed by atoms with Crippen LogP contribution in [0.1, 0.15) is 61.9 Å². The highest BCUT2D eigenvalue weighted by Gasteiger charge is 2.29. The molecule has 2 nitrogen and oxygen atoms in total. The fourth-order valence-electron chi connectivity index (χ4n) is 3.87. The molecule has 1 unspecified atom stereocenters. The Morgan fingerprint density at radius 2 is 1.86 bits per heavy atom. The van der Waals surface area contributed by atoms with Gasteiger partial charge in [-0.1, -0.05) is 32.9 Å². The second kappa shape index (κ2) is 5.40. The van der Waals surface area contributed by atoms with Gasteiger partial charge >= 0.3 is 0 Å². The van der Waals surface area contributed by atoms with Gasteiger partial charge in [-0.3, -0.25) is 4.90 Å². The molecule has 0 aliphatic carbocycles. The van der Waals surface area contributed by atoms with Crippen molar-refractivity contribution in [2.24, 2.45) is 0 Å². The third-order valence-corrected chi connectivity index (χ3v) is 5.31. The Morgan fingerprint density at radius 1 is 1.10 bits per heavy atom. The average Bonchev–Trinajstić information content (AvgIpc) is 2.82. The van der Waals surface area contributed by atoms with Crippen LogP contribution in [0.4, 0.5) is 0 Å². The molecule has 0 N–H and O–H groups in total. The molecule has 1 fully saturated rings. The first-order chi connectivity index (χ1) is 9.86. The molecule has 0 bridgehead atoms. The number of hydrogen-bond donors (Lipinski definition) is 0. The summed E-state index contributed by atoms with van der Waals surface area (Å²) in [5, 5.41) is 0. The van der Waals surface area contributed by atoms with Crippen LogP contribution in [0.3, 0.4) is 0 Å². The minimum atomic E-state index is 0.240. The summed E-state index contributed by atoms with van der Waals surface area (Å²) in [6.07, 6.45) is 3.87. The molecule has 0 amide bonds. The Labute approximate surface area is 130 Å². The number of benzene rings is 1. The summed E-state index contributed by atoms with van der Waals surface area (Å²) >= 11 is 0. The molecule has 0 aromatic heterocycles. The summed E-state index contributed by atoms with van der Waals surface area (Å²) in [7, 11) is 4.54. The molecule has 3 rings (SSSR count). The van der Waals surface area contributed by atoms with E-state index >= 15 is 0 Å². The van der Waals surface area contributed by atoms with Crippen LogP contribution in [0, 0.1) is 0 Å². The molecule has 0 radical (unpaired) electrons. The highest BCUT2D eigenvalue weighted by molar-refractivity contribution is 5.44. The van der Waals surface area contributed by atoms with Crippen LogP contribution >= 0.6 is 0 Å². The van der Waals surface area contributed by atoms with Crippen molar-refractivity contribution in [2.75, 3.05) is 27.2 Å². The lowest BCUT2D eigenvalue weighted by molar-refractivity contribution is 0.291. The highest BCUT2D eigenvalue weighted by Crippen LogP contribution is 2.38. The summed E-state index contributed by atoms with van der Waals surface area (Å²) in [6, 6.07) is 5.64. The van der Waals surface area contributed by atoms with E-state index in [2.05, 4.69) is 56.8 Å². The van der Waals surface area contributed by atoms with Gasteiger partial charge in [0.15, 0.2) is 0 Å². The lowest BCUT2D eigenvalue weighted by atomic mass is 9.80. The molecule has 0 spiro atoms. The van der Waals surface area contributed by atoms with Gasteiger partial charge in [0.1, 0.15) is 0 Å². The summed E-state index contributed by atoms with van der Waals surface area (Å²) in [5.74, 6) is 0. The molecule has 2 heteroatoms. The molecule has 116 valence electrons. The Morgan fingerprint density at radius 3 is 2.48 bits per heavy atom. The quantitative estimate of drug-likeness (QED) is 0.776. The zero-order valence-electron chi connectivity index (χ0n) is 14.4. The van der Waals surface area contributed by atoms with E-state index in [1.54, 1.807) is 16.7 Å². The van der Waals surface area contributed by atoms with Gasteiger partial charge < -0.3 is 4.90 Å². The summed E-state index contributed by atoms with van der Waals surface area (Å²) in [5.41, 5.74) is 6.60. The van der Waals surface area contributed by atoms with Crippen molar-refractivity contribution in [1.82, 2.24) is 9.80 Å². The van der Waals surface area contributed by atoms with E-state index < -0.39 is 0 Å². The maximum absolute atomic E-state index is 2.55. The van der Waals surface area contributed by atoms with E-state index in [4.69, 9.17) is 0 Å². The van der Waals surface area contributed by atoms with Gasteiger partial charge in [-0.25, -0.2) is 0 Å². The molecule has 2 heterocycles. The minimum absolute atomic E-state index is 0.240. The molecular weight excluding hydrogens is 256 g/mol. The monoisotopic (exact) mass is 286 g/mol. The minimum Gasteiger partial charge on any atom is -0.302 e. The molecule has 2 aliphatic rings. The SMILES string of the molecule is CN1CCc2cc(C(C)(C)C)cc(C3CCCN3C)c2C1. The van der Waals surface area contributed by atoms with Crippen LogP contribution in [0.25, 0.3) is 0 Å². The Kier molecular flexibility index (Phi) is 3.87. The van der Waals surface area contributed by atoms with Crippen molar-refractivity contribution in [1.29, 1.82) is 0 Å². The van der Waals surface area contributed by atoms with Gasteiger partial charge in [0, 0.05) is 19.1 Å². The number of likely N-dealkylation sites (N-methyl/N-ethyl adjacent to an activating group) is 1. The van der Waals surface area contributed by atoms with Crippen LogP contribution in [-0.4, -0.2) is 37.0 Å². The number of rotatable bonds is 1. The summed E-state index contributed by atoms with van der Waals surface area (Å²) in [6.45, 7) is 10.6. The Bertz CT molecular complexity index is 527. The molecular formula is C19H30N2. The molecule has 21 heavy (non-hydrogen) atoms. The predicted molar refractivity (Wildman–Crippen MR) is 89.8 cm³/mol. The van der Waals surface area contributed by atoms with Gasteiger partial charge in [-0.15, -0.1) is 0 Å². The summed E-state index contributed by atoms with van der Waals surface area (Å²) < 4.78 is 0. The molecule has 1 atom stereocenters. The zero-order valence-corrected chi connectivity index (χ0v) is 14.4. The van der Waals surface area contributed by atoms with Crippen molar-refractivity contribution >= 4 is 0 Å². The standard InChI is InChI=1S/C19H30N2/c1-19(2,3)15-11-14-8-10-20(4)13-17(14)16(12-15)18-7-6-9-21(18)5/h11-12,18H,6-10,13H2,1-5H3. The highest BCUT2D eigenvalue weighted by atomic mass is 15.1. The zero-order chi connectivity index (χ0) is 15.2. The number of nitrogens with zero attached hydrogens (tertiary/aromatic N) is 2. The van der Waals surface area contributed by atoms with Crippen molar-refractivity contribution in [2.45, 2.75) is 58.0 Å². The molecule has 1 aromatic carbocycles. The second-order valence-corrected chi connectivity index (χ2v) is 8.08. The second-order valence-electron chi connectivity index (χ2n) is 8.08. The average molecular weight is 286 g/mol. The number of likely N-dealkylation sites (tertiary alicyclic amines) is 1. The normalized spacial score (nSPS) is 24.3. The topological polar surface area (TPSA) is 6.48 Å². The first-order valence-electron chi connectivity index (χ1n) is 8.41. The lowest BCUT2D eigenvalue weighted by Crippen LogP contribution is -2.30. The van der Waals surface area contributed by atoms with Crippen molar-refractivity contribution in [3.63, 3.8) is 0 Å².